The molecule has 18 heavy (non-hydrogen) atoms. The lowest BCUT2D eigenvalue weighted by atomic mass is 10.3. The minimum Gasteiger partial charge on any atom is -0.350 e. The molecule has 1 aromatic heterocycles. The fraction of sp³-hybridized carbons (Fsp3) is 0.545. The van der Waals surface area contributed by atoms with Crippen LogP contribution in [0.15, 0.2) is 17.2 Å². The number of amides is 1. The van der Waals surface area contributed by atoms with Gasteiger partial charge in [-0.2, -0.15) is 0 Å². The molecule has 1 fully saturated rings. The molecule has 2 rings (SSSR count). The number of aryl methyl sites for hydroxylation is 1. The molecule has 1 saturated carbocycles. The second-order valence-electron chi connectivity index (χ2n) is 4.53. The number of hydrogen-bond acceptors (Lipinski definition) is 3. The van der Waals surface area contributed by atoms with Crippen LogP contribution in [0, 0.1) is 5.92 Å². The fourth-order valence-corrected chi connectivity index (χ4v) is 2.47. The third-order valence-electron chi connectivity index (χ3n) is 3.04. The van der Waals surface area contributed by atoms with E-state index < -0.39 is 10.0 Å². The van der Waals surface area contributed by atoms with Crippen molar-refractivity contribution in [2.75, 3.05) is 13.6 Å². The highest BCUT2D eigenvalue weighted by molar-refractivity contribution is 7.89. The molecule has 1 heterocycles. The molecule has 0 saturated heterocycles. The first-order valence-electron chi connectivity index (χ1n) is 5.82. The lowest BCUT2D eigenvalue weighted by Crippen LogP contribution is -2.27. The van der Waals surface area contributed by atoms with Crippen LogP contribution < -0.4 is 10.0 Å². The Balaban J connectivity index is 2.15. The van der Waals surface area contributed by atoms with Crippen molar-refractivity contribution in [2.24, 2.45) is 13.0 Å². The Morgan fingerprint density at radius 2 is 2.17 bits per heavy atom. The summed E-state index contributed by atoms with van der Waals surface area (Å²) in [5, 5.41) is 2.81. The maximum atomic E-state index is 11.9. The molecule has 0 atom stereocenters. The largest absolute Gasteiger partial charge is 0.350 e. The molecule has 7 heteroatoms. The Morgan fingerprint density at radius 3 is 2.72 bits per heavy atom. The van der Waals surface area contributed by atoms with E-state index in [0.717, 1.165) is 12.8 Å². The zero-order valence-corrected chi connectivity index (χ0v) is 11.3. The van der Waals surface area contributed by atoms with Crippen LogP contribution in [0.2, 0.25) is 0 Å². The molecule has 1 aromatic rings. The fourth-order valence-electron chi connectivity index (χ4n) is 1.67. The third kappa shape index (κ3) is 2.73. The van der Waals surface area contributed by atoms with Gasteiger partial charge in [-0.25, -0.2) is 13.1 Å². The van der Waals surface area contributed by atoms with Crippen molar-refractivity contribution in [1.29, 1.82) is 0 Å². The summed E-state index contributed by atoms with van der Waals surface area (Å²) < 4.78 is 27.0. The number of carbonyl (C=O) groups excluding carboxylic acids is 1. The van der Waals surface area contributed by atoms with Crippen LogP contribution in [0.3, 0.4) is 0 Å². The summed E-state index contributed by atoms with van der Waals surface area (Å²) >= 11 is 0. The van der Waals surface area contributed by atoms with Crippen LogP contribution in [0.5, 0.6) is 0 Å². The second-order valence-corrected chi connectivity index (χ2v) is 6.42. The summed E-state index contributed by atoms with van der Waals surface area (Å²) in [7, 11) is -0.507. The molecule has 0 aromatic carbocycles. The van der Waals surface area contributed by atoms with Crippen LogP contribution in [0.25, 0.3) is 0 Å². The average Bonchev–Trinajstić information content (AvgIpc) is 3.07. The van der Waals surface area contributed by atoms with E-state index in [-0.39, 0.29) is 10.8 Å². The van der Waals surface area contributed by atoms with Gasteiger partial charge in [0.2, 0.25) is 10.0 Å². The van der Waals surface area contributed by atoms with Crippen molar-refractivity contribution in [3.8, 4) is 0 Å². The Morgan fingerprint density at radius 1 is 1.50 bits per heavy atom. The van der Waals surface area contributed by atoms with Crippen LogP contribution in [-0.4, -0.2) is 32.5 Å². The highest BCUT2D eigenvalue weighted by Crippen LogP contribution is 2.27. The van der Waals surface area contributed by atoms with Crippen molar-refractivity contribution in [2.45, 2.75) is 17.7 Å². The summed E-state index contributed by atoms with van der Waals surface area (Å²) in [5.41, 5.74) is 0.351. The normalized spacial score (nSPS) is 15.7. The first-order chi connectivity index (χ1) is 8.44. The Hall–Kier alpha value is -1.34. The maximum Gasteiger partial charge on any atom is 0.267 e. The smallest absolute Gasteiger partial charge is 0.267 e. The van der Waals surface area contributed by atoms with Gasteiger partial charge >= 0.3 is 0 Å². The number of nitrogens with one attached hydrogen (secondary N) is 2. The van der Waals surface area contributed by atoms with E-state index in [1.165, 1.54) is 23.9 Å². The van der Waals surface area contributed by atoms with Gasteiger partial charge in [-0.1, -0.05) is 0 Å². The van der Waals surface area contributed by atoms with E-state index >= 15 is 0 Å². The minimum atomic E-state index is -3.50. The molecular weight excluding hydrogens is 254 g/mol. The Bertz CT molecular complexity index is 558. The minimum absolute atomic E-state index is 0.101. The van der Waals surface area contributed by atoms with Gasteiger partial charge < -0.3 is 9.88 Å². The highest BCUT2D eigenvalue weighted by atomic mass is 32.2. The third-order valence-corrected chi connectivity index (χ3v) is 4.42. The first kappa shape index (κ1) is 13.1. The van der Waals surface area contributed by atoms with Gasteiger partial charge in [-0.3, -0.25) is 4.79 Å². The standard InChI is InChI=1S/C11H17N3O3S/c1-12-18(16,17)9-5-10(14(2)7-9)11(15)13-6-8-3-4-8/h5,7-8,12H,3-4,6H2,1-2H3,(H,13,15). The molecule has 1 aliphatic rings. The Labute approximate surface area is 106 Å². The van der Waals surface area contributed by atoms with E-state index in [9.17, 15) is 13.2 Å². The maximum absolute atomic E-state index is 11.9. The van der Waals surface area contributed by atoms with Crippen LogP contribution in [0.4, 0.5) is 0 Å². The molecule has 0 radical (unpaired) electrons. The molecule has 6 nitrogen and oxygen atoms in total. The van der Waals surface area contributed by atoms with Gasteiger partial charge in [0, 0.05) is 19.8 Å². The van der Waals surface area contributed by atoms with Crippen LogP contribution >= 0.6 is 0 Å². The number of sulfonamides is 1. The number of rotatable bonds is 5. The molecule has 0 unspecified atom stereocenters. The summed E-state index contributed by atoms with van der Waals surface area (Å²) in [5.74, 6) is 0.358. The van der Waals surface area contributed by atoms with E-state index in [1.807, 2.05) is 0 Å². The van der Waals surface area contributed by atoms with Crippen molar-refractivity contribution in [3.05, 3.63) is 18.0 Å². The molecule has 100 valence electrons. The van der Waals surface area contributed by atoms with Gasteiger partial charge in [0.15, 0.2) is 0 Å². The summed E-state index contributed by atoms with van der Waals surface area (Å²) in [6, 6.07) is 1.38. The first-order valence-corrected chi connectivity index (χ1v) is 7.30. The van der Waals surface area contributed by atoms with Gasteiger partial charge in [0.25, 0.3) is 5.91 Å². The quantitative estimate of drug-likeness (QED) is 0.795. The predicted octanol–water partition coefficient (Wildman–Crippen LogP) is 0.0730. The number of carbonyl (C=O) groups is 1. The van der Waals surface area contributed by atoms with Crippen molar-refractivity contribution < 1.29 is 13.2 Å². The van der Waals surface area contributed by atoms with Gasteiger partial charge in [-0.15, -0.1) is 0 Å². The van der Waals surface area contributed by atoms with Crippen molar-refractivity contribution in [1.82, 2.24) is 14.6 Å². The highest BCUT2D eigenvalue weighted by Gasteiger charge is 2.23. The molecule has 0 aliphatic heterocycles. The number of nitrogens with zero attached hydrogens (tertiary/aromatic N) is 1. The number of aromatic nitrogens is 1. The monoisotopic (exact) mass is 271 g/mol. The van der Waals surface area contributed by atoms with E-state index in [4.69, 9.17) is 0 Å². The molecular formula is C11H17N3O3S. The zero-order valence-electron chi connectivity index (χ0n) is 10.4. The van der Waals surface area contributed by atoms with Gasteiger partial charge in [-0.05, 0) is 31.9 Å². The zero-order chi connectivity index (χ0) is 13.3. The summed E-state index contributed by atoms with van der Waals surface area (Å²) in [6.45, 7) is 0.665. The summed E-state index contributed by atoms with van der Waals surface area (Å²) in [4.78, 5) is 12.0. The lowest BCUT2D eigenvalue weighted by molar-refractivity contribution is 0.0943. The molecule has 0 bridgehead atoms. The van der Waals surface area contributed by atoms with Crippen LogP contribution in [0.1, 0.15) is 23.3 Å². The van der Waals surface area contributed by atoms with Crippen LogP contribution in [-0.2, 0) is 17.1 Å². The lowest BCUT2D eigenvalue weighted by Gasteiger charge is -2.04. The van der Waals surface area contributed by atoms with Crippen molar-refractivity contribution >= 4 is 15.9 Å². The average molecular weight is 271 g/mol. The van der Waals surface area contributed by atoms with E-state index in [2.05, 4.69) is 10.0 Å². The molecule has 1 aliphatic carbocycles. The van der Waals surface area contributed by atoms with E-state index in [0.29, 0.717) is 18.2 Å². The number of hydrogen-bond donors (Lipinski definition) is 2. The van der Waals surface area contributed by atoms with Gasteiger partial charge in [0.05, 0.1) is 0 Å². The van der Waals surface area contributed by atoms with Gasteiger partial charge in [0.1, 0.15) is 10.6 Å². The van der Waals surface area contributed by atoms with Crippen molar-refractivity contribution in [3.63, 3.8) is 0 Å². The molecule has 0 spiro atoms. The predicted molar refractivity (Wildman–Crippen MR) is 66.7 cm³/mol. The summed E-state index contributed by atoms with van der Waals surface area (Å²) in [6.07, 6.45) is 3.75. The molecule has 2 N–H and O–H groups in total. The SMILES string of the molecule is CNS(=O)(=O)c1cc(C(=O)NCC2CC2)n(C)c1. The van der Waals surface area contributed by atoms with E-state index in [1.54, 1.807) is 7.05 Å². The second kappa shape index (κ2) is 4.74. The molecule has 1 amide bonds. The Kier molecular flexibility index (Phi) is 3.45. The topological polar surface area (TPSA) is 80.2 Å².